The SMILES string of the molecule is CN(C)c1ccc([C@@H]2C3=C(CC(C)(C)CC3=O)Nc3nc(SCc4ccccc4Cl)[nH]c(=O)c32)cc1. The van der Waals surface area contributed by atoms with Crippen LogP contribution in [0, 0.1) is 5.41 Å². The molecule has 0 spiro atoms. The first-order valence-corrected chi connectivity index (χ1v) is 13.3. The number of hydrogen-bond acceptors (Lipinski definition) is 6. The van der Waals surface area contributed by atoms with Crippen LogP contribution in [0.1, 0.15) is 49.3 Å². The molecule has 1 aliphatic carbocycles. The number of carbonyl (C=O) groups excluding carboxylic acids is 1. The summed E-state index contributed by atoms with van der Waals surface area (Å²) in [7, 11) is 3.97. The number of hydrogen-bond donors (Lipinski definition) is 2. The molecule has 1 aromatic heterocycles. The molecule has 8 heteroatoms. The quantitative estimate of drug-likeness (QED) is 0.318. The van der Waals surface area contributed by atoms with Gasteiger partial charge in [-0.1, -0.05) is 67.5 Å². The van der Waals surface area contributed by atoms with E-state index in [1.54, 1.807) is 0 Å². The summed E-state index contributed by atoms with van der Waals surface area (Å²) in [6.45, 7) is 4.20. The molecule has 0 unspecified atom stereocenters. The largest absolute Gasteiger partial charge is 0.378 e. The molecule has 1 atom stereocenters. The molecule has 6 nitrogen and oxygen atoms in total. The highest BCUT2D eigenvalue weighted by atomic mass is 35.5. The van der Waals surface area contributed by atoms with E-state index >= 15 is 0 Å². The third kappa shape index (κ3) is 4.70. The third-order valence-electron chi connectivity index (χ3n) is 6.77. The van der Waals surface area contributed by atoms with E-state index in [1.165, 1.54) is 11.8 Å². The molecule has 0 amide bonds. The molecule has 2 N–H and O–H groups in total. The van der Waals surface area contributed by atoms with Gasteiger partial charge in [-0.3, -0.25) is 9.59 Å². The van der Waals surface area contributed by atoms with Gasteiger partial charge in [-0.25, -0.2) is 4.98 Å². The number of nitrogens with one attached hydrogen (secondary N) is 2. The number of H-pyrrole nitrogens is 1. The Hall–Kier alpha value is -3.03. The first-order valence-electron chi connectivity index (χ1n) is 11.9. The van der Waals surface area contributed by atoms with Crippen molar-refractivity contribution in [2.24, 2.45) is 5.41 Å². The van der Waals surface area contributed by atoms with E-state index in [9.17, 15) is 9.59 Å². The van der Waals surface area contributed by atoms with Crippen molar-refractivity contribution in [2.45, 2.75) is 43.5 Å². The van der Waals surface area contributed by atoms with Gasteiger partial charge in [0.05, 0.1) is 5.56 Å². The van der Waals surface area contributed by atoms with Gasteiger partial charge in [-0.2, -0.15) is 0 Å². The van der Waals surface area contributed by atoms with E-state index in [2.05, 4.69) is 24.1 Å². The van der Waals surface area contributed by atoms with Crippen molar-refractivity contribution in [1.82, 2.24) is 9.97 Å². The van der Waals surface area contributed by atoms with Crippen molar-refractivity contribution >= 4 is 40.7 Å². The summed E-state index contributed by atoms with van der Waals surface area (Å²) in [5.74, 6) is 0.718. The standard InChI is InChI=1S/C28H29ClN4O2S/c1-28(2)13-20-23(21(34)14-28)22(16-9-11-18(12-10-16)33(3)4)24-25(30-20)31-27(32-26(24)35)36-15-17-7-5-6-8-19(17)29/h5-12,22H,13-15H2,1-4H3,(H2,30,31,32,35)/t22-/m1/s1. The lowest BCUT2D eigenvalue weighted by atomic mass is 9.69. The number of rotatable bonds is 5. The fourth-order valence-electron chi connectivity index (χ4n) is 5.02. The van der Waals surface area contributed by atoms with Crippen LogP contribution in [-0.2, 0) is 10.5 Å². The molecule has 186 valence electrons. The fourth-order valence-corrected chi connectivity index (χ4v) is 6.17. The van der Waals surface area contributed by atoms with Crippen LogP contribution in [0.15, 0.2) is 69.8 Å². The molecule has 36 heavy (non-hydrogen) atoms. The monoisotopic (exact) mass is 520 g/mol. The molecule has 0 bridgehead atoms. The number of nitrogens with zero attached hydrogens (tertiary/aromatic N) is 2. The average molecular weight is 521 g/mol. The van der Waals surface area contributed by atoms with Crippen molar-refractivity contribution in [3.05, 3.63) is 91.9 Å². The lowest BCUT2D eigenvalue weighted by Crippen LogP contribution is -2.37. The molecule has 0 radical (unpaired) electrons. The van der Waals surface area contributed by atoms with Gasteiger partial charge >= 0.3 is 0 Å². The highest BCUT2D eigenvalue weighted by Gasteiger charge is 2.42. The molecule has 1 aliphatic heterocycles. The first-order chi connectivity index (χ1) is 17.1. The molecule has 0 saturated carbocycles. The number of Topliss-reactive ketones (excluding diaryl/α,β-unsaturated/α-hetero) is 1. The third-order valence-corrected chi connectivity index (χ3v) is 8.06. The van der Waals surface area contributed by atoms with Gasteiger partial charge in [0.25, 0.3) is 5.56 Å². The zero-order valence-corrected chi connectivity index (χ0v) is 22.4. The Morgan fingerprint density at radius 2 is 1.81 bits per heavy atom. The van der Waals surface area contributed by atoms with E-state index < -0.39 is 5.92 Å². The second kappa shape index (κ2) is 9.45. The van der Waals surface area contributed by atoms with Crippen molar-refractivity contribution < 1.29 is 4.79 Å². The van der Waals surface area contributed by atoms with Crippen LogP contribution in [0.3, 0.4) is 0 Å². The second-order valence-electron chi connectivity index (χ2n) is 10.4. The van der Waals surface area contributed by atoms with E-state index in [0.717, 1.165) is 28.9 Å². The van der Waals surface area contributed by atoms with Crippen LogP contribution in [0.25, 0.3) is 0 Å². The summed E-state index contributed by atoms with van der Waals surface area (Å²) in [4.78, 5) is 36.7. The molecule has 5 rings (SSSR count). The number of fused-ring (bicyclic) bond motifs is 1. The molecule has 3 aromatic rings. The van der Waals surface area contributed by atoms with Gasteiger partial charge in [0.1, 0.15) is 5.82 Å². The summed E-state index contributed by atoms with van der Waals surface area (Å²) >= 11 is 7.74. The van der Waals surface area contributed by atoms with Crippen LogP contribution < -0.4 is 15.8 Å². The Balaban J connectivity index is 1.58. The van der Waals surface area contributed by atoms with Crippen LogP contribution in [0.2, 0.25) is 5.02 Å². The first kappa shape index (κ1) is 24.7. The van der Waals surface area contributed by atoms with E-state index in [0.29, 0.717) is 39.3 Å². The number of aromatic nitrogens is 2. The minimum atomic E-state index is -0.463. The molecule has 2 heterocycles. The predicted molar refractivity (Wildman–Crippen MR) is 147 cm³/mol. The van der Waals surface area contributed by atoms with E-state index in [1.807, 2.05) is 67.5 Å². The van der Waals surface area contributed by atoms with Gasteiger partial charge in [-0.15, -0.1) is 0 Å². The van der Waals surface area contributed by atoms with Gasteiger partial charge < -0.3 is 15.2 Å². The maximum absolute atomic E-state index is 13.5. The number of halogens is 1. The normalized spacial score (nSPS) is 18.4. The molecular weight excluding hydrogens is 492 g/mol. The number of allylic oxidation sites excluding steroid dienone is 2. The van der Waals surface area contributed by atoms with Gasteiger partial charge in [0.15, 0.2) is 10.9 Å². The Labute approximate surface area is 220 Å². The number of aromatic amines is 1. The number of carbonyl (C=O) groups is 1. The molecule has 0 saturated heterocycles. The predicted octanol–water partition coefficient (Wildman–Crippen LogP) is 5.98. The fraction of sp³-hybridized carbons (Fsp3) is 0.321. The van der Waals surface area contributed by atoms with Crippen molar-refractivity contribution in [3.63, 3.8) is 0 Å². The minimum Gasteiger partial charge on any atom is -0.378 e. The van der Waals surface area contributed by atoms with Crippen molar-refractivity contribution in [2.75, 3.05) is 24.3 Å². The Morgan fingerprint density at radius 1 is 1.08 bits per heavy atom. The number of ketones is 1. The van der Waals surface area contributed by atoms with E-state index in [4.69, 9.17) is 16.6 Å². The summed E-state index contributed by atoms with van der Waals surface area (Å²) < 4.78 is 0. The molecule has 2 aliphatic rings. The maximum Gasteiger partial charge on any atom is 0.257 e. The van der Waals surface area contributed by atoms with Crippen LogP contribution in [0.4, 0.5) is 11.5 Å². The molecule has 2 aromatic carbocycles. The Morgan fingerprint density at radius 3 is 2.50 bits per heavy atom. The van der Waals surface area contributed by atoms with Gasteiger partial charge in [0.2, 0.25) is 0 Å². The lowest BCUT2D eigenvalue weighted by molar-refractivity contribution is -0.118. The zero-order chi connectivity index (χ0) is 25.6. The van der Waals surface area contributed by atoms with Crippen LogP contribution >= 0.6 is 23.4 Å². The summed E-state index contributed by atoms with van der Waals surface area (Å²) in [5, 5.41) is 4.58. The number of benzene rings is 2. The maximum atomic E-state index is 13.5. The van der Waals surface area contributed by atoms with Crippen LogP contribution in [-0.4, -0.2) is 29.8 Å². The highest BCUT2D eigenvalue weighted by Crippen LogP contribution is 2.47. The summed E-state index contributed by atoms with van der Waals surface area (Å²) in [5.41, 5.74) is 4.57. The molecular formula is C28H29ClN4O2S. The molecule has 0 fully saturated rings. The highest BCUT2D eigenvalue weighted by molar-refractivity contribution is 7.98. The van der Waals surface area contributed by atoms with Gasteiger partial charge in [0, 0.05) is 54.2 Å². The lowest BCUT2D eigenvalue weighted by Gasteiger charge is -2.38. The smallest absolute Gasteiger partial charge is 0.257 e. The number of thioether (sulfide) groups is 1. The summed E-state index contributed by atoms with van der Waals surface area (Å²) in [6.07, 6.45) is 1.17. The topological polar surface area (TPSA) is 78.1 Å². The second-order valence-corrected chi connectivity index (χ2v) is 11.8. The Kier molecular flexibility index (Phi) is 6.47. The Bertz CT molecular complexity index is 1430. The minimum absolute atomic E-state index is 0.0812. The average Bonchev–Trinajstić information content (AvgIpc) is 2.81. The summed E-state index contributed by atoms with van der Waals surface area (Å²) in [6, 6.07) is 15.7. The zero-order valence-electron chi connectivity index (χ0n) is 20.8. The van der Waals surface area contributed by atoms with Crippen molar-refractivity contribution in [3.8, 4) is 0 Å². The number of anilines is 2. The van der Waals surface area contributed by atoms with Crippen LogP contribution in [0.5, 0.6) is 0 Å². The van der Waals surface area contributed by atoms with E-state index in [-0.39, 0.29) is 16.8 Å². The van der Waals surface area contributed by atoms with Crippen molar-refractivity contribution in [1.29, 1.82) is 0 Å². The van der Waals surface area contributed by atoms with Gasteiger partial charge in [-0.05, 0) is 41.2 Å².